The van der Waals surface area contributed by atoms with Crippen LogP contribution >= 0.6 is 0 Å². The van der Waals surface area contributed by atoms with E-state index in [9.17, 15) is 54.2 Å². The Kier molecular flexibility index (Phi) is 5.89. The lowest BCUT2D eigenvalue weighted by Gasteiger charge is -2.35. The number of Topliss-reactive ketones (excluding diaryl/α,β-unsaturated/α-hetero) is 2. The van der Waals surface area contributed by atoms with Gasteiger partial charge in [-0.25, -0.2) is 0 Å². The molecule has 1 N–H and O–H groups in total. The number of ketones is 2. The number of alkyl halides is 9. The maximum absolute atomic E-state index is 14.0. The molecule has 2 rings (SSSR count). The molecule has 0 saturated carbocycles. The third-order valence-corrected chi connectivity index (χ3v) is 4.75. The topological polar surface area (TPSA) is 54.4 Å². The molecule has 30 heavy (non-hydrogen) atoms. The van der Waals surface area contributed by atoms with Gasteiger partial charge in [0.05, 0.1) is 6.61 Å². The van der Waals surface area contributed by atoms with E-state index in [1.54, 1.807) is 0 Å². The van der Waals surface area contributed by atoms with Gasteiger partial charge in [0.1, 0.15) is 0 Å². The zero-order chi connectivity index (χ0) is 23.3. The molecule has 0 radical (unpaired) electrons. The second kappa shape index (κ2) is 7.40. The van der Waals surface area contributed by atoms with Gasteiger partial charge < -0.3 is 5.11 Å². The second-order valence-corrected chi connectivity index (χ2v) is 6.68. The van der Waals surface area contributed by atoms with Crippen molar-refractivity contribution < 1.29 is 54.2 Å². The molecule has 1 aliphatic rings. The highest BCUT2D eigenvalue weighted by Gasteiger charge is 2.81. The van der Waals surface area contributed by atoms with Crippen LogP contribution in [0.15, 0.2) is 35.4 Å². The highest BCUT2D eigenvalue weighted by molar-refractivity contribution is 6.26. The van der Waals surface area contributed by atoms with Gasteiger partial charge in [-0.2, -0.15) is 39.5 Å². The van der Waals surface area contributed by atoms with Crippen LogP contribution in [0.25, 0.3) is 0 Å². The molecule has 1 aliphatic carbocycles. The number of hydrogen-bond donors (Lipinski definition) is 1. The minimum absolute atomic E-state index is 0.138. The molecule has 166 valence electrons. The molecule has 0 heterocycles. The van der Waals surface area contributed by atoms with Crippen LogP contribution < -0.4 is 0 Å². The molecule has 1 atom stereocenters. The Labute approximate surface area is 163 Å². The summed E-state index contributed by atoms with van der Waals surface area (Å²) in [6.07, 6.45) is -9.42. The molecule has 0 spiro atoms. The van der Waals surface area contributed by atoms with Crippen LogP contribution in [0.4, 0.5) is 39.5 Å². The first-order valence-corrected chi connectivity index (χ1v) is 8.21. The Hall–Kier alpha value is -2.37. The van der Waals surface area contributed by atoms with Gasteiger partial charge in [0.2, 0.25) is 0 Å². The molecule has 1 aromatic carbocycles. The van der Waals surface area contributed by atoms with Crippen molar-refractivity contribution in [3.05, 3.63) is 46.5 Å². The minimum atomic E-state index is -7.09. The van der Waals surface area contributed by atoms with Crippen LogP contribution in [0.3, 0.4) is 0 Å². The molecule has 0 amide bonds. The lowest BCUT2D eigenvalue weighted by atomic mass is 9.77. The molecule has 0 bridgehead atoms. The van der Waals surface area contributed by atoms with Crippen LogP contribution in [0.5, 0.6) is 0 Å². The fourth-order valence-corrected chi connectivity index (χ4v) is 3.11. The Morgan fingerprint density at radius 2 is 1.30 bits per heavy atom. The Morgan fingerprint density at radius 1 is 0.833 bits per heavy atom. The van der Waals surface area contributed by atoms with Crippen molar-refractivity contribution in [2.75, 3.05) is 6.61 Å². The number of carbonyl (C=O) groups is 2. The molecule has 0 aromatic heterocycles. The third kappa shape index (κ3) is 3.50. The number of aliphatic hydroxyl groups is 1. The number of halogens is 9. The van der Waals surface area contributed by atoms with E-state index in [4.69, 9.17) is 0 Å². The highest BCUT2D eigenvalue weighted by atomic mass is 19.4. The number of hydrogen-bond acceptors (Lipinski definition) is 3. The van der Waals surface area contributed by atoms with Gasteiger partial charge in [0.15, 0.2) is 11.6 Å². The number of benzene rings is 1. The van der Waals surface area contributed by atoms with Crippen molar-refractivity contribution in [3.8, 4) is 0 Å². The zero-order valence-electron chi connectivity index (χ0n) is 15.0. The highest BCUT2D eigenvalue weighted by Crippen LogP contribution is 2.55. The van der Waals surface area contributed by atoms with E-state index in [0.29, 0.717) is 0 Å². The van der Waals surface area contributed by atoms with Gasteiger partial charge in [-0.1, -0.05) is 24.3 Å². The maximum atomic E-state index is 14.0. The summed E-state index contributed by atoms with van der Waals surface area (Å²) in [4.78, 5) is 24.9. The van der Waals surface area contributed by atoms with Gasteiger partial charge in [-0.15, -0.1) is 0 Å². The number of aliphatic hydroxyl groups excluding tert-OH is 1. The lowest BCUT2D eigenvalue weighted by Crippen LogP contribution is -2.61. The van der Waals surface area contributed by atoms with Crippen LogP contribution in [0.2, 0.25) is 0 Å². The molecule has 0 saturated heterocycles. The van der Waals surface area contributed by atoms with E-state index in [1.165, 1.54) is 18.2 Å². The average molecular weight is 448 g/mol. The van der Waals surface area contributed by atoms with Crippen molar-refractivity contribution in [3.63, 3.8) is 0 Å². The first kappa shape index (κ1) is 23.9. The molecule has 1 unspecified atom stereocenters. The second-order valence-electron chi connectivity index (χ2n) is 6.68. The Balaban J connectivity index is 2.50. The van der Waals surface area contributed by atoms with Gasteiger partial charge >= 0.3 is 23.9 Å². The predicted molar refractivity (Wildman–Crippen MR) is 83.9 cm³/mol. The number of fused-ring (bicyclic) bond motifs is 1. The maximum Gasteiger partial charge on any atom is 0.460 e. The largest absolute Gasteiger partial charge is 0.460 e. The normalized spacial score (nSPS) is 17.3. The van der Waals surface area contributed by atoms with Gasteiger partial charge in [0.25, 0.3) is 0 Å². The summed E-state index contributed by atoms with van der Waals surface area (Å²) in [5.41, 5.74) is -1.81. The molecule has 0 fully saturated rings. The SMILES string of the molecule is CC1=C(C(CO)CC(F)(F)C(F)(F)C(F)(F)C(F)(F)F)C(=O)c2ccccc2C1=O. The molecule has 0 aliphatic heterocycles. The van der Waals surface area contributed by atoms with Crippen LogP contribution in [0, 0.1) is 5.92 Å². The van der Waals surface area contributed by atoms with E-state index < -0.39 is 65.6 Å². The van der Waals surface area contributed by atoms with E-state index >= 15 is 0 Å². The summed E-state index contributed by atoms with van der Waals surface area (Å²) in [7, 11) is 0. The van der Waals surface area contributed by atoms with Crippen molar-refractivity contribution in [2.24, 2.45) is 5.92 Å². The Bertz CT molecular complexity index is 900. The van der Waals surface area contributed by atoms with Crippen molar-refractivity contribution in [2.45, 2.75) is 37.3 Å². The summed E-state index contributed by atoms with van der Waals surface area (Å²) in [5.74, 6) is -24.3. The molecule has 3 nitrogen and oxygen atoms in total. The van der Waals surface area contributed by atoms with Crippen molar-refractivity contribution in [1.82, 2.24) is 0 Å². The molecule has 12 heteroatoms. The number of rotatable bonds is 6. The average Bonchev–Trinajstić information content (AvgIpc) is 2.64. The quantitative estimate of drug-likeness (QED) is 0.634. The number of allylic oxidation sites excluding steroid dienone is 1. The molecule has 1 aromatic rings. The van der Waals surface area contributed by atoms with Crippen molar-refractivity contribution in [1.29, 1.82) is 0 Å². The standard InChI is InChI=1S/C18H13F9O3/c1-8-12(14(30)11-5-3-2-4-10(11)13(8)29)9(7-28)6-15(19,20)16(21,22)17(23,24)18(25,26)27/h2-5,9,28H,6-7H2,1H3. The minimum Gasteiger partial charge on any atom is -0.396 e. The first-order chi connectivity index (χ1) is 13.5. The monoisotopic (exact) mass is 448 g/mol. The molecular formula is C18H13F9O3. The van der Waals surface area contributed by atoms with E-state index in [0.717, 1.165) is 13.0 Å². The summed E-state index contributed by atoms with van der Waals surface area (Å²) >= 11 is 0. The summed E-state index contributed by atoms with van der Waals surface area (Å²) < 4.78 is 118. The van der Waals surface area contributed by atoms with Gasteiger partial charge in [0, 0.05) is 34.6 Å². The van der Waals surface area contributed by atoms with Gasteiger partial charge in [-0.3, -0.25) is 9.59 Å². The number of carbonyl (C=O) groups excluding carboxylic acids is 2. The van der Waals surface area contributed by atoms with Crippen LogP contribution in [0.1, 0.15) is 34.1 Å². The fraction of sp³-hybridized carbons (Fsp3) is 0.444. The summed E-state index contributed by atoms with van der Waals surface area (Å²) in [6.45, 7) is -0.522. The van der Waals surface area contributed by atoms with Gasteiger partial charge in [-0.05, 0) is 6.92 Å². The first-order valence-electron chi connectivity index (χ1n) is 8.21. The van der Waals surface area contributed by atoms with Crippen LogP contribution in [-0.2, 0) is 0 Å². The molecular weight excluding hydrogens is 435 g/mol. The summed E-state index contributed by atoms with van der Waals surface area (Å²) in [6, 6.07) is 5.00. The summed E-state index contributed by atoms with van der Waals surface area (Å²) in [5, 5.41) is 9.35. The zero-order valence-corrected chi connectivity index (χ0v) is 15.0. The fourth-order valence-electron chi connectivity index (χ4n) is 3.11. The third-order valence-electron chi connectivity index (χ3n) is 4.75. The van der Waals surface area contributed by atoms with E-state index in [-0.39, 0.29) is 11.1 Å². The predicted octanol–water partition coefficient (Wildman–Crippen LogP) is 4.85. The van der Waals surface area contributed by atoms with E-state index in [2.05, 4.69) is 0 Å². The smallest absolute Gasteiger partial charge is 0.396 e. The van der Waals surface area contributed by atoms with Crippen molar-refractivity contribution >= 4 is 11.6 Å². The Morgan fingerprint density at radius 3 is 1.73 bits per heavy atom. The lowest BCUT2D eigenvalue weighted by molar-refractivity contribution is -0.397. The van der Waals surface area contributed by atoms with Crippen LogP contribution in [-0.4, -0.2) is 47.2 Å². The van der Waals surface area contributed by atoms with E-state index in [1.807, 2.05) is 0 Å².